The van der Waals surface area contributed by atoms with E-state index in [4.69, 9.17) is 14.6 Å². The van der Waals surface area contributed by atoms with Crippen LogP contribution in [0.3, 0.4) is 0 Å². The molecule has 0 bridgehead atoms. The van der Waals surface area contributed by atoms with Gasteiger partial charge in [-0.2, -0.15) is 13.7 Å². The predicted octanol–water partition coefficient (Wildman–Crippen LogP) is 0.201. The molecule has 0 spiro atoms. The Morgan fingerprint density at radius 3 is 2.77 bits per heavy atom. The molecule has 26 heavy (non-hydrogen) atoms. The molecule has 1 heterocycles. The third kappa shape index (κ3) is 6.12. The average molecular weight is 380 g/mol. The van der Waals surface area contributed by atoms with Gasteiger partial charge in [0.1, 0.15) is 11.6 Å². The van der Waals surface area contributed by atoms with Gasteiger partial charge in [0.05, 0.1) is 18.1 Å². The van der Waals surface area contributed by atoms with E-state index in [0.29, 0.717) is 32.0 Å². The smallest absolute Gasteiger partial charge is 0.294 e. The summed E-state index contributed by atoms with van der Waals surface area (Å²) in [5, 5.41) is 14.5. The summed E-state index contributed by atoms with van der Waals surface area (Å²) < 4.78 is 36.5. The van der Waals surface area contributed by atoms with E-state index in [2.05, 4.69) is 15.5 Å². The highest BCUT2D eigenvalue weighted by atomic mass is 32.2. The molecule has 9 nitrogen and oxygen atoms in total. The number of nitrogens with zero attached hydrogens (tertiary/aromatic N) is 2. The van der Waals surface area contributed by atoms with Gasteiger partial charge < -0.3 is 15.4 Å². The van der Waals surface area contributed by atoms with Gasteiger partial charge in [0.25, 0.3) is 16.0 Å². The number of benzene rings is 1. The summed E-state index contributed by atoms with van der Waals surface area (Å²) >= 11 is 0. The first-order valence-electron chi connectivity index (χ1n) is 7.93. The SMILES string of the molecule is N#C/C(=C/Nc1cccc(S(=O)(=O)O)c1)C(=O)NCCN1CCOCC1. The Bertz CT molecular complexity index is 810. The number of amides is 1. The summed E-state index contributed by atoms with van der Waals surface area (Å²) in [5.41, 5.74) is 0.165. The standard InChI is InChI=1S/C16H20N4O5S/c17-11-13(16(21)18-4-5-20-6-8-25-9-7-20)12-19-14-2-1-3-15(10-14)26(22,23)24/h1-3,10,12,19H,4-9H2,(H,18,21)(H,22,23,24)/b13-12-. The molecule has 140 valence electrons. The Morgan fingerprint density at radius 1 is 1.38 bits per heavy atom. The van der Waals surface area contributed by atoms with Gasteiger partial charge in [-0.3, -0.25) is 14.2 Å². The van der Waals surface area contributed by atoms with Crippen LogP contribution in [-0.2, 0) is 19.6 Å². The number of ether oxygens (including phenoxy) is 1. The van der Waals surface area contributed by atoms with Crippen LogP contribution >= 0.6 is 0 Å². The Kier molecular flexibility index (Phi) is 7.11. The number of carbonyl (C=O) groups excluding carboxylic acids is 1. The summed E-state index contributed by atoms with van der Waals surface area (Å²) in [6, 6.07) is 7.17. The molecule has 1 amide bonds. The number of morpholine rings is 1. The number of nitrogens with one attached hydrogen (secondary N) is 2. The van der Waals surface area contributed by atoms with Gasteiger partial charge in [0, 0.05) is 38.1 Å². The molecule has 2 rings (SSSR count). The van der Waals surface area contributed by atoms with Crippen LogP contribution in [0, 0.1) is 11.3 Å². The Balaban J connectivity index is 1.90. The highest BCUT2D eigenvalue weighted by Gasteiger charge is 2.13. The second kappa shape index (κ2) is 9.30. The van der Waals surface area contributed by atoms with Gasteiger partial charge in [-0.05, 0) is 18.2 Å². The van der Waals surface area contributed by atoms with Crippen molar-refractivity contribution in [3.8, 4) is 6.07 Å². The van der Waals surface area contributed by atoms with E-state index in [1.807, 2.05) is 0 Å². The molecule has 1 saturated heterocycles. The summed E-state index contributed by atoms with van der Waals surface area (Å²) in [6.45, 7) is 4.02. The van der Waals surface area contributed by atoms with Crippen LogP contribution in [0.4, 0.5) is 5.69 Å². The van der Waals surface area contributed by atoms with Crippen LogP contribution in [0.2, 0.25) is 0 Å². The number of carbonyl (C=O) groups is 1. The minimum absolute atomic E-state index is 0.149. The Hall–Kier alpha value is -2.45. The number of hydrogen-bond donors (Lipinski definition) is 3. The van der Waals surface area contributed by atoms with Gasteiger partial charge in [0.15, 0.2) is 0 Å². The summed E-state index contributed by atoms with van der Waals surface area (Å²) in [6.07, 6.45) is 1.19. The molecule has 1 aromatic rings. The van der Waals surface area contributed by atoms with Gasteiger partial charge in [-0.1, -0.05) is 6.07 Å². The fourth-order valence-electron chi connectivity index (χ4n) is 2.30. The van der Waals surface area contributed by atoms with Crippen molar-refractivity contribution in [3.63, 3.8) is 0 Å². The molecule has 0 radical (unpaired) electrons. The van der Waals surface area contributed by atoms with Crippen LogP contribution in [0.25, 0.3) is 0 Å². The molecule has 0 aromatic heterocycles. The van der Waals surface area contributed by atoms with E-state index in [-0.39, 0.29) is 10.5 Å². The zero-order valence-corrected chi connectivity index (χ0v) is 14.8. The van der Waals surface area contributed by atoms with Crippen molar-refractivity contribution in [2.75, 3.05) is 44.7 Å². The normalized spacial score (nSPS) is 15.9. The van der Waals surface area contributed by atoms with E-state index in [1.165, 1.54) is 30.5 Å². The fourth-order valence-corrected chi connectivity index (χ4v) is 2.82. The highest BCUT2D eigenvalue weighted by Crippen LogP contribution is 2.15. The maximum atomic E-state index is 12.0. The molecule has 0 atom stereocenters. The van der Waals surface area contributed by atoms with Gasteiger partial charge >= 0.3 is 0 Å². The van der Waals surface area contributed by atoms with Gasteiger partial charge in [-0.25, -0.2) is 0 Å². The Labute approximate surface area is 152 Å². The van der Waals surface area contributed by atoms with Crippen LogP contribution in [-0.4, -0.2) is 63.2 Å². The molecule has 1 aromatic carbocycles. The molecule has 0 unspecified atom stereocenters. The van der Waals surface area contributed by atoms with Crippen molar-refractivity contribution in [1.29, 1.82) is 5.26 Å². The molecule has 1 aliphatic heterocycles. The molecule has 0 aliphatic carbocycles. The highest BCUT2D eigenvalue weighted by molar-refractivity contribution is 7.85. The van der Waals surface area contributed by atoms with E-state index in [1.54, 1.807) is 6.07 Å². The van der Waals surface area contributed by atoms with Gasteiger partial charge in [0.2, 0.25) is 0 Å². The largest absolute Gasteiger partial charge is 0.379 e. The van der Waals surface area contributed by atoms with Crippen molar-refractivity contribution in [1.82, 2.24) is 10.2 Å². The van der Waals surface area contributed by atoms with Gasteiger partial charge in [-0.15, -0.1) is 0 Å². The van der Waals surface area contributed by atoms with E-state index in [9.17, 15) is 13.2 Å². The maximum absolute atomic E-state index is 12.0. The first-order chi connectivity index (χ1) is 12.4. The molecule has 3 N–H and O–H groups in total. The third-order valence-electron chi connectivity index (χ3n) is 3.70. The molecular formula is C16H20N4O5S. The van der Waals surface area contributed by atoms with E-state index >= 15 is 0 Å². The van der Waals surface area contributed by atoms with Crippen molar-refractivity contribution in [3.05, 3.63) is 36.0 Å². The first-order valence-corrected chi connectivity index (χ1v) is 9.37. The average Bonchev–Trinajstić information content (AvgIpc) is 2.63. The third-order valence-corrected chi connectivity index (χ3v) is 4.55. The molecule has 10 heteroatoms. The maximum Gasteiger partial charge on any atom is 0.294 e. The zero-order chi connectivity index (χ0) is 19.0. The predicted molar refractivity (Wildman–Crippen MR) is 93.8 cm³/mol. The number of nitriles is 1. The van der Waals surface area contributed by atoms with Crippen molar-refractivity contribution in [2.24, 2.45) is 0 Å². The lowest BCUT2D eigenvalue weighted by atomic mass is 10.2. The van der Waals surface area contributed by atoms with E-state index < -0.39 is 16.0 Å². The molecule has 1 aliphatic rings. The topological polar surface area (TPSA) is 132 Å². The first kappa shape index (κ1) is 19.9. The van der Waals surface area contributed by atoms with Crippen LogP contribution in [0.1, 0.15) is 0 Å². The summed E-state index contributed by atoms with van der Waals surface area (Å²) in [7, 11) is -4.33. The van der Waals surface area contributed by atoms with Crippen LogP contribution in [0.15, 0.2) is 40.9 Å². The second-order valence-corrected chi connectivity index (χ2v) is 6.95. The zero-order valence-electron chi connectivity index (χ0n) is 14.0. The molecule has 1 fully saturated rings. The lowest BCUT2D eigenvalue weighted by molar-refractivity contribution is -0.117. The van der Waals surface area contributed by atoms with Crippen molar-refractivity contribution >= 4 is 21.7 Å². The monoisotopic (exact) mass is 380 g/mol. The van der Waals surface area contributed by atoms with Crippen molar-refractivity contribution < 1.29 is 22.5 Å². The second-order valence-electron chi connectivity index (χ2n) is 5.53. The lowest BCUT2D eigenvalue weighted by Gasteiger charge is -2.26. The fraction of sp³-hybridized carbons (Fsp3) is 0.375. The molecular weight excluding hydrogens is 360 g/mol. The van der Waals surface area contributed by atoms with Crippen LogP contribution in [0.5, 0.6) is 0 Å². The molecule has 0 saturated carbocycles. The number of hydrogen-bond acceptors (Lipinski definition) is 7. The minimum atomic E-state index is -4.33. The summed E-state index contributed by atoms with van der Waals surface area (Å²) in [4.78, 5) is 13.9. The minimum Gasteiger partial charge on any atom is -0.379 e. The van der Waals surface area contributed by atoms with Crippen LogP contribution < -0.4 is 10.6 Å². The summed E-state index contributed by atoms with van der Waals surface area (Å²) in [5.74, 6) is -0.529. The van der Waals surface area contributed by atoms with Crippen molar-refractivity contribution in [2.45, 2.75) is 4.90 Å². The number of anilines is 1. The lowest BCUT2D eigenvalue weighted by Crippen LogP contribution is -2.41. The quantitative estimate of drug-likeness (QED) is 0.347. The van der Waals surface area contributed by atoms with E-state index in [0.717, 1.165) is 13.1 Å². The number of rotatable bonds is 7. The Morgan fingerprint density at radius 2 is 2.12 bits per heavy atom.